The smallest absolute Gasteiger partial charge is 0.258 e. The first-order chi connectivity index (χ1) is 7.81. The molecule has 1 rings (SSSR count). The van der Waals surface area contributed by atoms with Crippen LogP contribution in [-0.4, -0.2) is 30.0 Å². The van der Waals surface area contributed by atoms with Crippen molar-refractivity contribution < 1.29 is 13.3 Å². The molecule has 0 bridgehead atoms. The first kappa shape index (κ1) is 14.3. The van der Waals surface area contributed by atoms with Crippen molar-refractivity contribution in [3.63, 3.8) is 0 Å². The summed E-state index contributed by atoms with van der Waals surface area (Å²) in [6.07, 6.45) is 0.932. The van der Waals surface area contributed by atoms with Crippen molar-refractivity contribution in [2.45, 2.75) is 11.9 Å². The van der Waals surface area contributed by atoms with Crippen molar-refractivity contribution in [2.24, 2.45) is 0 Å². The number of sulfone groups is 1. The Bertz CT molecular complexity index is 561. The number of pyridine rings is 1. The normalized spacial score (nSPS) is 11.5. The van der Waals surface area contributed by atoms with Crippen LogP contribution in [-0.2, 0) is 9.84 Å². The molecule has 1 heterocycles. The van der Waals surface area contributed by atoms with E-state index in [2.05, 4.69) is 20.9 Å². The van der Waals surface area contributed by atoms with E-state index in [-0.39, 0.29) is 32.4 Å². The average molecular weight is 344 g/mol. The number of hydrogen-bond acceptors (Lipinski definition) is 5. The van der Waals surface area contributed by atoms with E-state index in [4.69, 9.17) is 11.6 Å². The SMILES string of the molecule is Cc1c([N+](=O)[O-])cnc(S(=O)(=O)CCCl)c1Br. The van der Waals surface area contributed by atoms with Crippen molar-refractivity contribution in [2.75, 3.05) is 11.6 Å². The maximum atomic E-state index is 11.7. The van der Waals surface area contributed by atoms with Crippen LogP contribution in [0.3, 0.4) is 0 Å². The van der Waals surface area contributed by atoms with Crippen molar-refractivity contribution in [3.05, 3.63) is 26.3 Å². The molecule has 0 saturated carbocycles. The Morgan fingerprint density at radius 1 is 1.59 bits per heavy atom. The predicted molar refractivity (Wildman–Crippen MR) is 66.1 cm³/mol. The van der Waals surface area contributed by atoms with Crippen LogP contribution in [0.25, 0.3) is 0 Å². The average Bonchev–Trinajstić information content (AvgIpc) is 2.20. The zero-order valence-electron chi connectivity index (χ0n) is 8.68. The minimum Gasteiger partial charge on any atom is -0.258 e. The van der Waals surface area contributed by atoms with Gasteiger partial charge < -0.3 is 0 Å². The van der Waals surface area contributed by atoms with Crippen LogP contribution < -0.4 is 0 Å². The van der Waals surface area contributed by atoms with Gasteiger partial charge in [0.25, 0.3) is 5.69 Å². The molecule has 9 heteroatoms. The number of halogens is 2. The summed E-state index contributed by atoms with van der Waals surface area (Å²) in [7, 11) is -3.62. The molecule has 0 radical (unpaired) electrons. The van der Waals surface area contributed by atoms with Gasteiger partial charge in [-0.2, -0.15) is 0 Å². The van der Waals surface area contributed by atoms with Gasteiger partial charge in [0, 0.05) is 11.4 Å². The summed E-state index contributed by atoms with van der Waals surface area (Å²) in [5.74, 6) is -0.329. The third kappa shape index (κ3) is 2.93. The highest BCUT2D eigenvalue weighted by Crippen LogP contribution is 2.30. The Morgan fingerprint density at radius 3 is 2.65 bits per heavy atom. The Balaban J connectivity index is 3.41. The fourth-order valence-electron chi connectivity index (χ4n) is 1.15. The predicted octanol–water partition coefficient (Wildman–Crippen LogP) is 2.07. The molecule has 0 aliphatic rings. The quantitative estimate of drug-likeness (QED) is 0.474. The van der Waals surface area contributed by atoms with Gasteiger partial charge in [0.15, 0.2) is 14.9 Å². The number of nitrogens with zero attached hydrogens (tertiary/aromatic N) is 2. The van der Waals surface area contributed by atoms with E-state index in [1.807, 2.05) is 0 Å². The molecule has 0 saturated heterocycles. The second-order valence-electron chi connectivity index (χ2n) is 3.15. The molecular formula is C8H8BrClN2O4S. The molecule has 0 aromatic carbocycles. The summed E-state index contributed by atoms with van der Waals surface area (Å²) in [6.45, 7) is 1.45. The zero-order chi connectivity index (χ0) is 13.2. The fraction of sp³-hybridized carbons (Fsp3) is 0.375. The first-order valence-corrected chi connectivity index (χ1v) is 7.37. The summed E-state index contributed by atoms with van der Waals surface area (Å²) in [4.78, 5) is 13.6. The van der Waals surface area contributed by atoms with Gasteiger partial charge in [-0.25, -0.2) is 13.4 Å². The molecule has 0 unspecified atom stereocenters. The van der Waals surface area contributed by atoms with Crippen LogP contribution in [0.2, 0.25) is 0 Å². The maximum Gasteiger partial charge on any atom is 0.291 e. The molecule has 0 atom stereocenters. The molecule has 1 aromatic heterocycles. The van der Waals surface area contributed by atoms with Crippen LogP contribution in [0, 0.1) is 17.0 Å². The van der Waals surface area contributed by atoms with Gasteiger partial charge in [-0.1, -0.05) is 0 Å². The lowest BCUT2D eigenvalue weighted by Crippen LogP contribution is -2.12. The Morgan fingerprint density at radius 2 is 2.18 bits per heavy atom. The number of alkyl halides is 1. The lowest BCUT2D eigenvalue weighted by Gasteiger charge is -2.06. The molecule has 6 nitrogen and oxygen atoms in total. The minimum atomic E-state index is -3.62. The molecule has 0 fully saturated rings. The van der Waals surface area contributed by atoms with Crippen LogP contribution in [0.15, 0.2) is 15.7 Å². The van der Waals surface area contributed by atoms with Crippen LogP contribution in [0.4, 0.5) is 5.69 Å². The van der Waals surface area contributed by atoms with Crippen LogP contribution >= 0.6 is 27.5 Å². The highest BCUT2D eigenvalue weighted by atomic mass is 79.9. The molecule has 0 amide bonds. The summed E-state index contributed by atoms with van der Waals surface area (Å²) >= 11 is 8.40. The molecule has 94 valence electrons. The van der Waals surface area contributed by atoms with Crippen molar-refractivity contribution in [1.82, 2.24) is 4.98 Å². The molecule has 0 spiro atoms. The highest BCUT2D eigenvalue weighted by molar-refractivity contribution is 9.10. The van der Waals surface area contributed by atoms with E-state index in [9.17, 15) is 18.5 Å². The highest BCUT2D eigenvalue weighted by Gasteiger charge is 2.24. The summed E-state index contributed by atoms with van der Waals surface area (Å²) in [5.41, 5.74) is -0.0140. The first-order valence-electron chi connectivity index (χ1n) is 4.39. The number of nitro groups is 1. The van der Waals surface area contributed by atoms with Gasteiger partial charge in [0.1, 0.15) is 6.20 Å². The fourth-order valence-corrected chi connectivity index (χ4v) is 3.84. The second kappa shape index (κ2) is 5.28. The zero-order valence-corrected chi connectivity index (χ0v) is 11.8. The van der Waals surface area contributed by atoms with E-state index in [1.54, 1.807) is 0 Å². The molecule has 1 aromatic rings. The van der Waals surface area contributed by atoms with E-state index in [1.165, 1.54) is 6.92 Å². The lowest BCUT2D eigenvalue weighted by atomic mass is 10.3. The monoisotopic (exact) mass is 342 g/mol. The van der Waals surface area contributed by atoms with Gasteiger partial charge in [-0.3, -0.25) is 10.1 Å². The Labute approximate surface area is 111 Å². The molecule has 0 N–H and O–H groups in total. The molecule has 0 aliphatic heterocycles. The van der Waals surface area contributed by atoms with Crippen molar-refractivity contribution in [1.29, 1.82) is 0 Å². The van der Waals surface area contributed by atoms with Gasteiger partial charge in [0.2, 0.25) is 0 Å². The van der Waals surface area contributed by atoms with E-state index < -0.39 is 14.8 Å². The molecule has 0 aliphatic carbocycles. The topological polar surface area (TPSA) is 90.2 Å². The van der Waals surface area contributed by atoms with E-state index >= 15 is 0 Å². The van der Waals surface area contributed by atoms with Crippen molar-refractivity contribution >= 4 is 43.1 Å². The van der Waals surface area contributed by atoms with Gasteiger partial charge in [-0.05, 0) is 22.9 Å². The van der Waals surface area contributed by atoms with Gasteiger partial charge in [-0.15, -0.1) is 11.6 Å². The second-order valence-corrected chi connectivity index (χ2v) is 6.35. The van der Waals surface area contributed by atoms with Gasteiger partial charge in [0.05, 0.1) is 15.1 Å². The third-order valence-corrected chi connectivity index (χ3v) is 5.33. The number of hydrogen-bond donors (Lipinski definition) is 0. The minimum absolute atomic E-state index is 0.0630. The third-order valence-electron chi connectivity index (χ3n) is 2.04. The number of aromatic nitrogens is 1. The molecule has 17 heavy (non-hydrogen) atoms. The Kier molecular flexibility index (Phi) is 4.45. The summed E-state index contributed by atoms with van der Waals surface area (Å²) in [5, 5.41) is 10.4. The number of rotatable bonds is 4. The van der Waals surface area contributed by atoms with E-state index in [0.29, 0.717) is 0 Å². The van der Waals surface area contributed by atoms with Crippen LogP contribution in [0.5, 0.6) is 0 Å². The Hall–Kier alpha value is -0.730. The largest absolute Gasteiger partial charge is 0.291 e. The van der Waals surface area contributed by atoms with Crippen molar-refractivity contribution in [3.8, 4) is 0 Å². The summed E-state index contributed by atoms with van der Waals surface area (Å²) < 4.78 is 23.6. The maximum absolute atomic E-state index is 11.7. The van der Waals surface area contributed by atoms with Crippen LogP contribution in [0.1, 0.15) is 5.56 Å². The standard InChI is InChI=1S/C8H8BrClN2O4S/c1-5-6(12(13)14)4-11-8(7(5)9)17(15,16)3-2-10/h4H,2-3H2,1H3. The lowest BCUT2D eigenvalue weighted by molar-refractivity contribution is -0.385. The van der Waals surface area contributed by atoms with E-state index in [0.717, 1.165) is 6.20 Å². The molecular weight excluding hydrogens is 336 g/mol. The summed E-state index contributed by atoms with van der Waals surface area (Å²) in [6, 6.07) is 0. The van der Waals surface area contributed by atoms with Gasteiger partial charge >= 0.3 is 0 Å².